The first-order chi connectivity index (χ1) is 7.79. The van der Waals surface area contributed by atoms with Crippen molar-refractivity contribution in [1.29, 1.82) is 0 Å². The Morgan fingerprint density at radius 3 is 2.24 bits per heavy atom. The second-order valence-electron chi connectivity index (χ2n) is 3.14. The van der Waals surface area contributed by atoms with Crippen LogP contribution in [0.25, 0.3) is 0 Å². The molecule has 0 amide bonds. The quantitative estimate of drug-likeness (QED) is 0.463. The number of halogens is 4. The standard InChI is InChI=1S/C9H8Cl4O3S/c10-6-4-8(12)9(5-7(6)11)16-2-1-3-17(13,14)15/h4-5H,1-3H2. The summed E-state index contributed by atoms with van der Waals surface area (Å²) < 4.78 is 26.6. The van der Waals surface area contributed by atoms with E-state index >= 15 is 0 Å². The highest BCUT2D eigenvalue weighted by Gasteiger charge is 2.08. The molecule has 0 atom stereocenters. The SMILES string of the molecule is O=S(=O)(Cl)CCCOc1cc(Cl)c(Cl)cc1Cl. The lowest BCUT2D eigenvalue weighted by molar-refractivity contribution is 0.318. The summed E-state index contributed by atoms with van der Waals surface area (Å²) in [4.78, 5) is 0. The summed E-state index contributed by atoms with van der Waals surface area (Å²) in [7, 11) is 1.55. The van der Waals surface area contributed by atoms with Crippen molar-refractivity contribution in [3.63, 3.8) is 0 Å². The van der Waals surface area contributed by atoms with Crippen molar-refractivity contribution in [2.24, 2.45) is 0 Å². The molecule has 3 nitrogen and oxygen atoms in total. The second-order valence-corrected chi connectivity index (χ2v) is 7.26. The van der Waals surface area contributed by atoms with E-state index in [1.54, 1.807) is 0 Å². The Balaban J connectivity index is 2.55. The molecule has 0 unspecified atom stereocenters. The maximum absolute atomic E-state index is 10.7. The zero-order valence-corrected chi connectivity index (χ0v) is 12.3. The van der Waals surface area contributed by atoms with Crippen LogP contribution in [0.2, 0.25) is 15.1 Å². The van der Waals surface area contributed by atoms with Crippen molar-refractivity contribution >= 4 is 54.5 Å². The molecular formula is C9H8Cl4O3S. The minimum atomic E-state index is -3.49. The first-order valence-electron chi connectivity index (χ1n) is 4.49. The van der Waals surface area contributed by atoms with Crippen LogP contribution < -0.4 is 4.74 Å². The van der Waals surface area contributed by atoms with E-state index < -0.39 is 9.05 Å². The van der Waals surface area contributed by atoms with Gasteiger partial charge in [0, 0.05) is 16.7 Å². The topological polar surface area (TPSA) is 43.4 Å². The highest BCUT2D eigenvalue weighted by Crippen LogP contribution is 2.33. The Hall–Kier alpha value is 0.130. The molecule has 1 aromatic carbocycles. The predicted molar refractivity (Wildman–Crippen MR) is 71.2 cm³/mol. The Bertz CT molecular complexity index is 501. The molecule has 96 valence electrons. The van der Waals surface area contributed by atoms with E-state index in [0.29, 0.717) is 20.8 Å². The largest absolute Gasteiger partial charge is 0.492 e. The van der Waals surface area contributed by atoms with E-state index in [2.05, 4.69) is 0 Å². The van der Waals surface area contributed by atoms with Crippen molar-refractivity contribution in [2.45, 2.75) is 6.42 Å². The van der Waals surface area contributed by atoms with Gasteiger partial charge in [0.2, 0.25) is 9.05 Å². The third-order valence-corrected chi connectivity index (χ3v) is 4.02. The van der Waals surface area contributed by atoms with Crippen LogP contribution in [0.15, 0.2) is 12.1 Å². The van der Waals surface area contributed by atoms with Gasteiger partial charge in [0.1, 0.15) is 5.75 Å². The van der Waals surface area contributed by atoms with Gasteiger partial charge >= 0.3 is 0 Å². The van der Waals surface area contributed by atoms with Crippen LogP contribution in [-0.2, 0) is 9.05 Å². The maximum atomic E-state index is 10.7. The normalized spacial score (nSPS) is 11.5. The van der Waals surface area contributed by atoms with E-state index in [1.807, 2.05) is 0 Å². The summed E-state index contributed by atoms with van der Waals surface area (Å²) in [6, 6.07) is 2.93. The Morgan fingerprint density at radius 2 is 1.65 bits per heavy atom. The third-order valence-electron chi connectivity index (χ3n) is 1.76. The number of benzene rings is 1. The molecule has 0 saturated heterocycles. The monoisotopic (exact) mass is 336 g/mol. The highest BCUT2D eigenvalue weighted by atomic mass is 35.7. The number of hydrogen-bond acceptors (Lipinski definition) is 3. The molecule has 1 rings (SSSR count). The molecule has 0 saturated carbocycles. The van der Waals surface area contributed by atoms with Gasteiger partial charge in [-0.1, -0.05) is 34.8 Å². The predicted octanol–water partition coefficient (Wildman–Crippen LogP) is 3.98. The van der Waals surface area contributed by atoms with E-state index in [0.717, 1.165) is 0 Å². The lowest BCUT2D eigenvalue weighted by Gasteiger charge is -2.08. The van der Waals surface area contributed by atoms with Gasteiger partial charge in [-0.25, -0.2) is 8.42 Å². The zero-order valence-electron chi connectivity index (χ0n) is 8.42. The van der Waals surface area contributed by atoms with Gasteiger partial charge in [-0.05, 0) is 12.5 Å². The fourth-order valence-electron chi connectivity index (χ4n) is 1.03. The first-order valence-corrected chi connectivity index (χ1v) is 8.10. The van der Waals surface area contributed by atoms with Gasteiger partial charge < -0.3 is 4.74 Å². The van der Waals surface area contributed by atoms with Gasteiger partial charge in [-0.15, -0.1) is 0 Å². The average Bonchev–Trinajstić information content (AvgIpc) is 2.18. The highest BCUT2D eigenvalue weighted by molar-refractivity contribution is 8.13. The number of ether oxygens (including phenoxy) is 1. The maximum Gasteiger partial charge on any atom is 0.232 e. The molecule has 0 N–H and O–H groups in total. The van der Waals surface area contributed by atoms with Crippen molar-refractivity contribution in [3.8, 4) is 5.75 Å². The molecule has 0 bridgehead atoms. The van der Waals surface area contributed by atoms with Gasteiger partial charge in [0.05, 0.1) is 27.4 Å². The minimum Gasteiger partial charge on any atom is -0.492 e. The summed E-state index contributed by atoms with van der Waals surface area (Å²) in [5.74, 6) is 0.195. The molecule has 0 aromatic heterocycles. The van der Waals surface area contributed by atoms with Crippen molar-refractivity contribution < 1.29 is 13.2 Å². The molecule has 0 aliphatic rings. The summed E-state index contributed by atoms with van der Waals surface area (Å²) in [5, 5.41) is 0.955. The Labute approximate surface area is 119 Å². The minimum absolute atomic E-state index is 0.159. The molecule has 8 heteroatoms. The molecule has 0 radical (unpaired) electrons. The van der Waals surface area contributed by atoms with Crippen LogP contribution in [-0.4, -0.2) is 20.8 Å². The van der Waals surface area contributed by atoms with Crippen LogP contribution >= 0.6 is 45.5 Å². The summed E-state index contributed by atoms with van der Waals surface area (Å²) in [5.41, 5.74) is 0. The van der Waals surface area contributed by atoms with Gasteiger partial charge in [-0.2, -0.15) is 0 Å². The average molecular weight is 338 g/mol. The Morgan fingerprint density at radius 1 is 1.06 bits per heavy atom. The lowest BCUT2D eigenvalue weighted by Crippen LogP contribution is -2.05. The van der Waals surface area contributed by atoms with Gasteiger partial charge in [0.15, 0.2) is 0 Å². The molecule has 0 aliphatic heterocycles. The number of hydrogen-bond donors (Lipinski definition) is 0. The van der Waals surface area contributed by atoms with Crippen LogP contribution in [0.4, 0.5) is 0 Å². The van der Waals surface area contributed by atoms with Gasteiger partial charge in [-0.3, -0.25) is 0 Å². The Kier molecular flexibility index (Phi) is 5.67. The fourth-order valence-corrected chi connectivity index (χ4v) is 2.41. The molecule has 0 spiro atoms. The smallest absolute Gasteiger partial charge is 0.232 e. The van der Waals surface area contributed by atoms with Crippen LogP contribution in [0, 0.1) is 0 Å². The van der Waals surface area contributed by atoms with Crippen LogP contribution in [0.3, 0.4) is 0 Å². The summed E-state index contributed by atoms with van der Waals surface area (Å²) >= 11 is 17.4. The van der Waals surface area contributed by atoms with Crippen LogP contribution in [0.5, 0.6) is 5.75 Å². The summed E-state index contributed by atoms with van der Waals surface area (Å²) in [6.45, 7) is 0.170. The fraction of sp³-hybridized carbons (Fsp3) is 0.333. The second kappa shape index (κ2) is 6.34. The van der Waals surface area contributed by atoms with E-state index in [1.165, 1.54) is 12.1 Å². The van der Waals surface area contributed by atoms with Crippen LogP contribution in [0.1, 0.15) is 6.42 Å². The first kappa shape index (κ1) is 15.2. The zero-order chi connectivity index (χ0) is 13.1. The van der Waals surface area contributed by atoms with E-state index in [-0.39, 0.29) is 18.8 Å². The molecular weight excluding hydrogens is 330 g/mol. The lowest BCUT2D eigenvalue weighted by atomic mass is 10.3. The molecule has 0 heterocycles. The molecule has 0 aliphatic carbocycles. The number of rotatable bonds is 5. The van der Waals surface area contributed by atoms with Crippen molar-refractivity contribution in [2.75, 3.05) is 12.4 Å². The van der Waals surface area contributed by atoms with E-state index in [9.17, 15) is 8.42 Å². The summed E-state index contributed by atoms with van der Waals surface area (Å²) in [6.07, 6.45) is 0.266. The molecule has 0 fully saturated rings. The van der Waals surface area contributed by atoms with Crippen molar-refractivity contribution in [3.05, 3.63) is 27.2 Å². The molecule has 17 heavy (non-hydrogen) atoms. The van der Waals surface area contributed by atoms with E-state index in [4.69, 9.17) is 50.2 Å². The van der Waals surface area contributed by atoms with Gasteiger partial charge in [0.25, 0.3) is 0 Å². The third kappa shape index (κ3) is 5.53. The van der Waals surface area contributed by atoms with Crippen molar-refractivity contribution in [1.82, 2.24) is 0 Å². The molecule has 1 aromatic rings.